The van der Waals surface area contributed by atoms with Crippen LogP contribution in [0, 0.1) is 11.2 Å². The van der Waals surface area contributed by atoms with E-state index in [0.717, 1.165) is 25.3 Å². The third-order valence-electron chi connectivity index (χ3n) is 3.76. The number of hydrogen-bond acceptors (Lipinski definition) is 3. The zero-order valence-corrected chi connectivity index (χ0v) is 12.5. The van der Waals surface area contributed by atoms with Gasteiger partial charge in [-0.1, -0.05) is 19.9 Å². The maximum atomic E-state index is 13.7. The summed E-state index contributed by atoms with van der Waals surface area (Å²) in [6.07, 6.45) is 2.44. The molecule has 0 amide bonds. The van der Waals surface area contributed by atoms with Crippen LogP contribution in [0.25, 0.3) is 0 Å². The molecule has 0 aliphatic heterocycles. The third kappa shape index (κ3) is 3.37. The largest absolute Gasteiger partial charge is 0.392 e. The molecule has 4 nitrogen and oxygen atoms in total. The molecule has 0 aromatic heterocycles. The number of aliphatic hydroxyl groups is 1. The second-order valence-electron chi connectivity index (χ2n) is 6.15. The Labute approximate surface area is 119 Å². The van der Waals surface area contributed by atoms with Crippen molar-refractivity contribution in [2.45, 2.75) is 50.7 Å². The molecule has 0 saturated heterocycles. The number of sulfonamides is 1. The fraction of sp³-hybridized carbons (Fsp3) is 0.571. The summed E-state index contributed by atoms with van der Waals surface area (Å²) in [5.41, 5.74) is 0.483. The van der Waals surface area contributed by atoms with Crippen LogP contribution in [0.5, 0.6) is 0 Å². The first-order valence-electron chi connectivity index (χ1n) is 6.65. The Hall–Kier alpha value is -0.980. The highest BCUT2D eigenvalue weighted by Gasteiger charge is 2.34. The molecule has 1 aromatic carbocycles. The van der Waals surface area contributed by atoms with Crippen molar-refractivity contribution < 1.29 is 17.9 Å². The van der Waals surface area contributed by atoms with Crippen LogP contribution >= 0.6 is 0 Å². The van der Waals surface area contributed by atoms with Crippen LogP contribution < -0.4 is 4.72 Å². The predicted octanol–water partition coefficient (Wildman–Crippen LogP) is 2.17. The van der Waals surface area contributed by atoms with Gasteiger partial charge in [-0.05, 0) is 42.4 Å². The van der Waals surface area contributed by atoms with Crippen molar-refractivity contribution in [2.75, 3.05) is 0 Å². The maximum absolute atomic E-state index is 13.7. The minimum atomic E-state index is -3.89. The van der Waals surface area contributed by atoms with Crippen LogP contribution in [0.3, 0.4) is 0 Å². The first kappa shape index (κ1) is 15.4. The monoisotopic (exact) mass is 301 g/mol. The predicted molar refractivity (Wildman–Crippen MR) is 74.1 cm³/mol. The Morgan fingerprint density at radius 3 is 2.70 bits per heavy atom. The van der Waals surface area contributed by atoms with Gasteiger partial charge in [-0.15, -0.1) is 0 Å². The molecule has 1 aliphatic carbocycles. The topological polar surface area (TPSA) is 66.4 Å². The molecule has 20 heavy (non-hydrogen) atoms. The van der Waals surface area contributed by atoms with Crippen LogP contribution in [-0.2, 0) is 16.6 Å². The lowest BCUT2D eigenvalue weighted by Gasteiger charge is -2.18. The van der Waals surface area contributed by atoms with Gasteiger partial charge in [-0.25, -0.2) is 17.5 Å². The number of aliphatic hydroxyl groups excluding tert-OH is 1. The lowest BCUT2D eigenvalue weighted by Crippen LogP contribution is -2.34. The molecule has 1 unspecified atom stereocenters. The van der Waals surface area contributed by atoms with Gasteiger partial charge in [0, 0.05) is 6.04 Å². The molecule has 2 N–H and O–H groups in total. The van der Waals surface area contributed by atoms with Gasteiger partial charge >= 0.3 is 0 Å². The minimum absolute atomic E-state index is 0.110. The molecule has 0 heterocycles. The molecule has 6 heteroatoms. The number of halogens is 1. The number of nitrogens with one attached hydrogen (secondary N) is 1. The normalized spacial score (nSPS) is 22.1. The highest BCUT2D eigenvalue weighted by atomic mass is 32.2. The van der Waals surface area contributed by atoms with Gasteiger partial charge in [-0.3, -0.25) is 0 Å². The number of rotatable bonds is 4. The Kier molecular flexibility index (Phi) is 4.18. The standard InChI is InChI=1S/C14H20FNO3S/c1-14(2)6-5-11(8-14)16-20(18,19)13-7-10(9-17)3-4-12(13)15/h3-4,7,11,16-17H,5-6,8-9H2,1-2H3. The molecular weight excluding hydrogens is 281 g/mol. The van der Waals surface area contributed by atoms with E-state index in [1.165, 1.54) is 12.1 Å². The molecule has 0 radical (unpaired) electrons. The number of hydrogen-bond donors (Lipinski definition) is 2. The van der Waals surface area contributed by atoms with E-state index in [-0.39, 0.29) is 18.1 Å². The van der Waals surface area contributed by atoms with Crippen molar-refractivity contribution in [3.63, 3.8) is 0 Å². The molecule has 2 rings (SSSR count). The molecule has 1 atom stereocenters. The zero-order chi connectivity index (χ0) is 15.0. The Balaban J connectivity index is 2.23. The summed E-state index contributed by atoms with van der Waals surface area (Å²) in [6.45, 7) is 3.86. The van der Waals surface area contributed by atoms with Crippen molar-refractivity contribution >= 4 is 10.0 Å². The smallest absolute Gasteiger partial charge is 0.243 e. The lowest BCUT2D eigenvalue weighted by atomic mass is 9.92. The van der Waals surface area contributed by atoms with E-state index in [2.05, 4.69) is 18.6 Å². The summed E-state index contributed by atoms with van der Waals surface area (Å²) < 4.78 is 40.8. The molecule has 112 valence electrons. The van der Waals surface area contributed by atoms with E-state index in [4.69, 9.17) is 5.11 Å². The molecule has 1 aromatic rings. The van der Waals surface area contributed by atoms with Gasteiger partial charge in [-0.2, -0.15) is 0 Å². The van der Waals surface area contributed by atoms with Crippen LogP contribution in [0.4, 0.5) is 4.39 Å². The molecule has 1 aliphatic rings. The van der Waals surface area contributed by atoms with Crippen molar-refractivity contribution in [3.8, 4) is 0 Å². The summed E-state index contributed by atoms with van der Waals surface area (Å²) in [6, 6.07) is 3.45. The molecule has 0 bridgehead atoms. The highest BCUT2D eigenvalue weighted by molar-refractivity contribution is 7.89. The second kappa shape index (κ2) is 5.42. The summed E-state index contributed by atoms with van der Waals surface area (Å²) >= 11 is 0. The average Bonchev–Trinajstić information content (AvgIpc) is 2.68. The van der Waals surface area contributed by atoms with Crippen LogP contribution in [-0.4, -0.2) is 19.6 Å². The van der Waals surface area contributed by atoms with Crippen LogP contribution in [0.1, 0.15) is 38.7 Å². The van der Waals surface area contributed by atoms with Gasteiger partial charge < -0.3 is 5.11 Å². The van der Waals surface area contributed by atoms with Crippen molar-refractivity contribution in [1.82, 2.24) is 4.72 Å². The Morgan fingerprint density at radius 2 is 2.15 bits per heavy atom. The lowest BCUT2D eigenvalue weighted by molar-refractivity contribution is 0.281. The quantitative estimate of drug-likeness (QED) is 0.895. The molecule has 1 fully saturated rings. The third-order valence-corrected chi connectivity index (χ3v) is 5.29. The molecule has 1 saturated carbocycles. The summed E-state index contributed by atoms with van der Waals surface area (Å²) in [7, 11) is -3.89. The highest BCUT2D eigenvalue weighted by Crippen LogP contribution is 2.37. The van der Waals surface area contributed by atoms with E-state index >= 15 is 0 Å². The van der Waals surface area contributed by atoms with Gasteiger partial charge in [0.1, 0.15) is 10.7 Å². The number of benzene rings is 1. The first-order valence-corrected chi connectivity index (χ1v) is 8.13. The van der Waals surface area contributed by atoms with Crippen LogP contribution in [0.15, 0.2) is 23.1 Å². The van der Waals surface area contributed by atoms with Crippen molar-refractivity contribution in [2.24, 2.45) is 5.41 Å². The van der Waals surface area contributed by atoms with Crippen LogP contribution in [0.2, 0.25) is 0 Å². The van der Waals surface area contributed by atoms with Gasteiger partial charge in [0.05, 0.1) is 6.61 Å². The van der Waals surface area contributed by atoms with E-state index in [1.54, 1.807) is 0 Å². The second-order valence-corrected chi connectivity index (χ2v) is 7.83. The van der Waals surface area contributed by atoms with Gasteiger partial charge in [0.25, 0.3) is 0 Å². The SMILES string of the molecule is CC1(C)CCC(NS(=O)(=O)c2cc(CO)ccc2F)C1. The molecule has 0 spiro atoms. The fourth-order valence-electron chi connectivity index (χ4n) is 2.67. The first-order chi connectivity index (χ1) is 9.23. The summed E-state index contributed by atoms with van der Waals surface area (Å²) in [5.74, 6) is -0.799. The van der Waals surface area contributed by atoms with E-state index in [1.807, 2.05) is 0 Å². The van der Waals surface area contributed by atoms with Crippen molar-refractivity contribution in [3.05, 3.63) is 29.6 Å². The summed E-state index contributed by atoms with van der Waals surface area (Å²) in [4.78, 5) is -0.395. The van der Waals surface area contributed by atoms with E-state index in [9.17, 15) is 12.8 Å². The average molecular weight is 301 g/mol. The minimum Gasteiger partial charge on any atom is -0.392 e. The van der Waals surface area contributed by atoms with Gasteiger partial charge in [0.15, 0.2) is 0 Å². The van der Waals surface area contributed by atoms with E-state index < -0.39 is 20.7 Å². The Bertz CT molecular complexity index is 598. The molecular formula is C14H20FNO3S. The van der Waals surface area contributed by atoms with Gasteiger partial charge in [0.2, 0.25) is 10.0 Å². The van der Waals surface area contributed by atoms with Crippen molar-refractivity contribution in [1.29, 1.82) is 0 Å². The van der Waals surface area contributed by atoms with E-state index in [0.29, 0.717) is 5.56 Å². The fourth-order valence-corrected chi connectivity index (χ4v) is 4.07. The Morgan fingerprint density at radius 1 is 1.45 bits per heavy atom. The maximum Gasteiger partial charge on any atom is 0.243 e. The zero-order valence-electron chi connectivity index (χ0n) is 11.7. The summed E-state index contributed by atoms with van der Waals surface area (Å²) in [5, 5.41) is 9.03.